The summed E-state index contributed by atoms with van der Waals surface area (Å²) < 4.78 is 5.38. The smallest absolute Gasteiger partial charge is 0.251 e. The van der Waals surface area contributed by atoms with Crippen molar-refractivity contribution in [2.45, 2.75) is 6.54 Å². The molecule has 2 aromatic carbocycles. The summed E-state index contributed by atoms with van der Waals surface area (Å²) in [7, 11) is 1.74. The maximum atomic E-state index is 12.3. The van der Waals surface area contributed by atoms with Crippen molar-refractivity contribution < 1.29 is 14.3 Å². The second kappa shape index (κ2) is 9.19. The summed E-state index contributed by atoms with van der Waals surface area (Å²) in [4.78, 5) is 28.2. The molecule has 1 fully saturated rings. The van der Waals surface area contributed by atoms with E-state index in [-0.39, 0.29) is 18.4 Å². The topological polar surface area (TPSA) is 61.9 Å². The van der Waals surface area contributed by atoms with Crippen LogP contribution in [-0.4, -0.2) is 56.6 Å². The molecular formula is C21H25N3O3. The summed E-state index contributed by atoms with van der Waals surface area (Å²) in [5.41, 5.74) is 2.77. The van der Waals surface area contributed by atoms with Crippen LogP contribution in [0.1, 0.15) is 15.9 Å². The van der Waals surface area contributed by atoms with E-state index in [0.717, 1.165) is 31.9 Å². The van der Waals surface area contributed by atoms with E-state index in [1.807, 2.05) is 18.2 Å². The van der Waals surface area contributed by atoms with Crippen LogP contribution in [0.25, 0.3) is 0 Å². The summed E-state index contributed by atoms with van der Waals surface area (Å²) in [5, 5.41) is 2.67. The van der Waals surface area contributed by atoms with Gasteiger partial charge in [0.2, 0.25) is 5.91 Å². The monoisotopic (exact) mass is 367 g/mol. The van der Waals surface area contributed by atoms with Crippen LogP contribution >= 0.6 is 0 Å². The summed E-state index contributed by atoms with van der Waals surface area (Å²) in [6.07, 6.45) is 0. The molecule has 3 rings (SSSR count). The van der Waals surface area contributed by atoms with Gasteiger partial charge in [-0.3, -0.25) is 9.59 Å². The fourth-order valence-corrected chi connectivity index (χ4v) is 2.98. The molecule has 0 unspecified atom stereocenters. The van der Waals surface area contributed by atoms with E-state index in [2.05, 4.69) is 22.3 Å². The van der Waals surface area contributed by atoms with Crippen LogP contribution in [0.3, 0.4) is 0 Å². The molecule has 1 saturated heterocycles. The van der Waals surface area contributed by atoms with E-state index in [4.69, 9.17) is 4.74 Å². The number of nitrogens with zero attached hydrogens (tertiary/aromatic N) is 2. The van der Waals surface area contributed by atoms with Gasteiger partial charge in [-0.1, -0.05) is 30.3 Å². The van der Waals surface area contributed by atoms with E-state index in [1.165, 1.54) is 5.69 Å². The number of hydrogen-bond acceptors (Lipinski definition) is 4. The molecule has 27 heavy (non-hydrogen) atoms. The summed E-state index contributed by atoms with van der Waals surface area (Å²) in [6, 6.07) is 17.1. The van der Waals surface area contributed by atoms with Gasteiger partial charge in [-0.05, 0) is 29.8 Å². The van der Waals surface area contributed by atoms with E-state index < -0.39 is 0 Å². The van der Waals surface area contributed by atoms with Crippen LogP contribution in [0, 0.1) is 0 Å². The van der Waals surface area contributed by atoms with Gasteiger partial charge in [0.05, 0.1) is 19.8 Å². The molecule has 6 heteroatoms. The van der Waals surface area contributed by atoms with E-state index >= 15 is 0 Å². The number of carbonyl (C=O) groups is 2. The average molecular weight is 367 g/mol. The molecule has 1 N–H and O–H groups in total. The van der Waals surface area contributed by atoms with Crippen molar-refractivity contribution in [3.05, 3.63) is 65.7 Å². The highest BCUT2D eigenvalue weighted by Crippen LogP contribution is 2.17. The largest absolute Gasteiger partial charge is 0.378 e. The Hall–Kier alpha value is -2.86. The van der Waals surface area contributed by atoms with Gasteiger partial charge in [0.25, 0.3) is 5.91 Å². The second-order valence-electron chi connectivity index (χ2n) is 6.56. The third-order valence-corrected chi connectivity index (χ3v) is 4.59. The minimum atomic E-state index is -0.243. The highest BCUT2D eigenvalue weighted by atomic mass is 16.5. The average Bonchev–Trinajstić information content (AvgIpc) is 2.73. The van der Waals surface area contributed by atoms with Crippen molar-refractivity contribution in [2.75, 3.05) is 44.8 Å². The van der Waals surface area contributed by atoms with Crippen LogP contribution in [-0.2, 0) is 16.1 Å². The first-order valence-corrected chi connectivity index (χ1v) is 9.12. The van der Waals surface area contributed by atoms with Gasteiger partial charge >= 0.3 is 0 Å². The van der Waals surface area contributed by atoms with Gasteiger partial charge in [0.1, 0.15) is 0 Å². The molecule has 2 amide bonds. The Morgan fingerprint density at radius 2 is 1.70 bits per heavy atom. The zero-order valence-electron chi connectivity index (χ0n) is 15.6. The lowest BCUT2D eigenvalue weighted by atomic mass is 10.1. The molecule has 0 atom stereocenters. The SMILES string of the molecule is CN(Cc1ccc(N2CCOCC2)cc1)C(=O)CNC(=O)c1ccccc1. The number of morpholine rings is 1. The third-order valence-electron chi connectivity index (χ3n) is 4.59. The maximum Gasteiger partial charge on any atom is 0.251 e. The number of likely N-dealkylation sites (N-methyl/N-ethyl adjacent to an activating group) is 1. The molecule has 6 nitrogen and oxygen atoms in total. The van der Waals surface area contributed by atoms with Crippen LogP contribution in [0.2, 0.25) is 0 Å². The van der Waals surface area contributed by atoms with Gasteiger partial charge in [-0.15, -0.1) is 0 Å². The minimum absolute atomic E-state index is 0.0178. The van der Waals surface area contributed by atoms with Gasteiger partial charge in [0, 0.05) is 37.9 Å². The van der Waals surface area contributed by atoms with Crippen molar-refractivity contribution in [3.63, 3.8) is 0 Å². The highest BCUT2D eigenvalue weighted by Gasteiger charge is 2.13. The Morgan fingerprint density at radius 1 is 1.04 bits per heavy atom. The maximum absolute atomic E-state index is 12.3. The first kappa shape index (κ1) is 18.9. The predicted octanol–water partition coefficient (Wildman–Crippen LogP) is 1.91. The molecule has 1 aliphatic rings. The Labute approximate surface area is 159 Å². The molecule has 2 aromatic rings. The van der Waals surface area contributed by atoms with Crippen molar-refractivity contribution in [2.24, 2.45) is 0 Å². The quantitative estimate of drug-likeness (QED) is 0.847. The lowest BCUT2D eigenvalue weighted by Gasteiger charge is -2.29. The first-order chi connectivity index (χ1) is 13.1. The summed E-state index contributed by atoms with van der Waals surface area (Å²) in [5.74, 6) is -0.372. The number of anilines is 1. The predicted molar refractivity (Wildman–Crippen MR) is 105 cm³/mol. The van der Waals surface area contributed by atoms with E-state index in [0.29, 0.717) is 12.1 Å². The summed E-state index contributed by atoms with van der Waals surface area (Å²) in [6.45, 7) is 3.80. The number of nitrogens with one attached hydrogen (secondary N) is 1. The highest BCUT2D eigenvalue weighted by molar-refractivity contribution is 5.96. The van der Waals surface area contributed by atoms with Crippen molar-refractivity contribution in [1.82, 2.24) is 10.2 Å². The van der Waals surface area contributed by atoms with Gasteiger partial charge in [0.15, 0.2) is 0 Å². The molecule has 142 valence electrons. The minimum Gasteiger partial charge on any atom is -0.378 e. The van der Waals surface area contributed by atoms with E-state index in [1.54, 1.807) is 36.2 Å². The number of carbonyl (C=O) groups excluding carboxylic acids is 2. The Kier molecular flexibility index (Phi) is 6.44. The summed E-state index contributed by atoms with van der Waals surface area (Å²) >= 11 is 0. The molecule has 0 spiro atoms. The van der Waals surface area contributed by atoms with Crippen molar-refractivity contribution >= 4 is 17.5 Å². The van der Waals surface area contributed by atoms with E-state index in [9.17, 15) is 9.59 Å². The molecular weight excluding hydrogens is 342 g/mol. The normalized spacial score (nSPS) is 13.9. The van der Waals surface area contributed by atoms with Crippen molar-refractivity contribution in [1.29, 1.82) is 0 Å². The lowest BCUT2D eigenvalue weighted by molar-refractivity contribution is -0.129. The number of hydrogen-bond donors (Lipinski definition) is 1. The number of amides is 2. The molecule has 0 bridgehead atoms. The Balaban J connectivity index is 1.48. The van der Waals surface area contributed by atoms with Gasteiger partial charge < -0.3 is 19.9 Å². The van der Waals surface area contributed by atoms with Gasteiger partial charge in [-0.2, -0.15) is 0 Å². The molecule has 0 saturated carbocycles. The lowest BCUT2D eigenvalue weighted by Crippen LogP contribution is -2.37. The van der Waals surface area contributed by atoms with Crippen LogP contribution in [0.15, 0.2) is 54.6 Å². The third kappa shape index (κ3) is 5.31. The fourth-order valence-electron chi connectivity index (χ4n) is 2.98. The number of benzene rings is 2. The molecule has 1 heterocycles. The first-order valence-electron chi connectivity index (χ1n) is 9.12. The zero-order valence-corrected chi connectivity index (χ0v) is 15.6. The van der Waals surface area contributed by atoms with Crippen LogP contribution in [0.4, 0.5) is 5.69 Å². The Morgan fingerprint density at radius 3 is 2.37 bits per heavy atom. The van der Waals surface area contributed by atoms with Crippen LogP contribution in [0.5, 0.6) is 0 Å². The molecule has 0 aromatic heterocycles. The van der Waals surface area contributed by atoms with Gasteiger partial charge in [-0.25, -0.2) is 0 Å². The fraction of sp³-hybridized carbons (Fsp3) is 0.333. The molecule has 1 aliphatic heterocycles. The zero-order chi connectivity index (χ0) is 19.1. The standard InChI is InChI=1S/C21H25N3O3/c1-23(20(25)15-22-21(26)18-5-3-2-4-6-18)16-17-7-9-19(10-8-17)24-11-13-27-14-12-24/h2-10H,11-16H2,1H3,(H,22,26). The second-order valence-corrected chi connectivity index (χ2v) is 6.56. The van der Waals surface area contributed by atoms with Crippen molar-refractivity contribution in [3.8, 4) is 0 Å². The molecule has 0 radical (unpaired) electrons. The molecule has 0 aliphatic carbocycles. The number of rotatable bonds is 6. The Bertz CT molecular complexity index is 756. The van der Waals surface area contributed by atoms with Crippen LogP contribution < -0.4 is 10.2 Å². The number of ether oxygens (including phenoxy) is 1.